The molecule has 1 saturated heterocycles. The maximum Gasteiger partial charge on any atom is 0.410 e. The van der Waals surface area contributed by atoms with Gasteiger partial charge in [0.05, 0.1) is 12.7 Å². The van der Waals surface area contributed by atoms with Crippen molar-refractivity contribution in [3.05, 3.63) is 35.9 Å². The Morgan fingerprint density at radius 3 is 2.86 bits per heavy atom. The summed E-state index contributed by atoms with van der Waals surface area (Å²) in [5, 5.41) is 3.39. The molecule has 1 saturated carbocycles. The second-order valence-electron chi connectivity index (χ2n) is 5.67. The van der Waals surface area contributed by atoms with E-state index in [-0.39, 0.29) is 12.1 Å². The number of rotatable bonds is 5. The van der Waals surface area contributed by atoms with Gasteiger partial charge in [-0.05, 0) is 18.4 Å². The summed E-state index contributed by atoms with van der Waals surface area (Å²) in [7, 11) is 0. The third-order valence-corrected chi connectivity index (χ3v) is 3.78. The van der Waals surface area contributed by atoms with E-state index < -0.39 is 0 Å². The van der Waals surface area contributed by atoms with Crippen molar-refractivity contribution in [3.8, 4) is 0 Å². The number of amides is 1. The van der Waals surface area contributed by atoms with Crippen molar-refractivity contribution in [1.82, 2.24) is 10.2 Å². The van der Waals surface area contributed by atoms with Gasteiger partial charge in [0.2, 0.25) is 0 Å². The molecule has 0 aromatic heterocycles. The van der Waals surface area contributed by atoms with E-state index in [0.29, 0.717) is 32.4 Å². The molecule has 1 atom stereocenters. The molecule has 1 aromatic rings. The van der Waals surface area contributed by atoms with Crippen molar-refractivity contribution >= 4 is 6.09 Å². The number of nitrogens with one attached hydrogen (secondary N) is 1. The molecule has 1 aliphatic heterocycles. The summed E-state index contributed by atoms with van der Waals surface area (Å²) < 4.78 is 11.1. The Labute approximate surface area is 125 Å². The minimum atomic E-state index is -0.239. The molecule has 2 aliphatic rings. The van der Waals surface area contributed by atoms with Crippen LogP contribution in [0.3, 0.4) is 0 Å². The number of benzene rings is 1. The highest BCUT2D eigenvalue weighted by molar-refractivity contribution is 5.67. The topological polar surface area (TPSA) is 50.8 Å². The Hall–Kier alpha value is -1.59. The second kappa shape index (κ2) is 6.91. The van der Waals surface area contributed by atoms with Crippen molar-refractivity contribution < 1.29 is 14.3 Å². The molecule has 5 heteroatoms. The number of carbonyl (C=O) groups is 1. The fourth-order valence-corrected chi connectivity index (χ4v) is 2.40. The first-order valence-electron chi connectivity index (χ1n) is 7.62. The zero-order chi connectivity index (χ0) is 14.5. The fourth-order valence-electron chi connectivity index (χ4n) is 2.40. The van der Waals surface area contributed by atoms with Gasteiger partial charge in [-0.1, -0.05) is 30.3 Å². The van der Waals surface area contributed by atoms with Crippen LogP contribution < -0.4 is 5.32 Å². The normalized spacial score (nSPS) is 22.1. The standard InChI is InChI=1S/C16H22N2O3/c19-16(21-11-13-4-2-1-3-5-13)18-9-8-17-14(10-18)12-20-15-6-7-15/h1-5,14-15,17H,6-12H2/t14-/m0/s1. The predicted octanol–water partition coefficient (Wildman–Crippen LogP) is 1.78. The molecule has 0 bridgehead atoms. The summed E-state index contributed by atoms with van der Waals surface area (Å²) in [5.41, 5.74) is 1.01. The molecule has 5 nitrogen and oxygen atoms in total. The van der Waals surface area contributed by atoms with Crippen LogP contribution in [0.25, 0.3) is 0 Å². The molecule has 1 aromatic carbocycles. The number of hydrogen-bond donors (Lipinski definition) is 1. The number of piperazine rings is 1. The minimum Gasteiger partial charge on any atom is -0.445 e. The number of hydrogen-bond acceptors (Lipinski definition) is 4. The van der Waals surface area contributed by atoms with Gasteiger partial charge < -0.3 is 19.7 Å². The average molecular weight is 290 g/mol. The van der Waals surface area contributed by atoms with Crippen LogP contribution in [0.5, 0.6) is 0 Å². The molecule has 21 heavy (non-hydrogen) atoms. The monoisotopic (exact) mass is 290 g/mol. The maximum atomic E-state index is 12.1. The van der Waals surface area contributed by atoms with Gasteiger partial charge in [-0.2, -0.15) is 0 Å². The van der Waals surface area contributed by atoms with Gasteiger partial charge in [0.25, 0.3) is 0 Å². The van der Waals surface area contributed by atoms with E-state index in [1.807, 2.05) is 30.3 Å². The van der Waals surface area contributed by atoms with E-state index in [2.05, 4.69) is 5.32 Å². The first-order valence-corrected chi connectivity index (χ1v) is 7.62. The minimum absolute atomic E-state index is 0.212. The van der Waals surface area contributed by atoms with Crippen molar-refractivity contribution in [1.29, 1.82) is 0 Å². The zero-order valence-electron chi connectivity index (χ0n) is 12.2. The van der Waals surface area contributed by atoms with Crippen LogP contribution in [0.4, 0.5) is 4.79 Å². The molecular formula is C16H22N2O3. The summed E-state index contributed by atoms with van der Waals surface area (Å²) in [4.78, 5) is 13.9. The summed E-state index contributed by atoms with van der Waals surface area (Å²) >= 11 is 0. The Balaban J connectivity index is 1.42. The van der Waals surface area contributed by atoms with Crippen molar-refractivity contribution in [3.63, 3.8) is 0 Å². The van der Waals surface area contributed by atoms with E-state index in [4.69, 9.17) is 9.47 Å². The smallest absolute Gasteiger partial charge is 0.410 e. The lowest BCUT2D eigenvalue weighted by Gasteiger charge is -2.32. The highest BCUT2D eigenvalue weighted by atomic mass is 16.6. The zero-order valence-corrected chi connectivity index (χ0v) is 12.2. The molecule has 114 valence electrons. The molecule has 1 heterocycles. The quantitative estimate of drug-likeness (QED) is 0.898. The van der Waals surface area contributed by atoms with Crippen LogP contribution in [0.2, 0.25) is 0 Å². The number of ether oxygens (including phenoxy) is 2. The average Bonchev–Trinajstić information content (AvgIpc) is 3.36. The van der Waals surface area contributed by atoms with Gasteiger partial charge in [0.1, 0.15) is 6.61 Å². The second-order valence-corrected chi connectivity index (χ2v) is 5.67. The first-order chi connectivity index (χ1) is 10.3. The van der Waals surface area contributed by atoms with Gasteiger partial charge in [0, 0.05) is 25.7 Å². The lowest BCUT2D eigenvalue weighted by molar-refractivity contribution is 0.0558. The van der Waals surface area contributed by atoms with Crippen LogP contribution >= 0.6 is 0 Å². The maximum absolute atomic E-state index is 12.1. The third-order valence-electron chi connectivity index (χ3n) is 3.78. The van der Waals surface area contributed by atoms with E-state index in [1.165, 1.54) is 12.8 Å². The molecule has 1 N–H and O–H groups in total. The third kappa shape index (κ3) is 4.44. The van der Waals surface area contributed by atoms with Crippen LogP contribution in [0.15, 0.2) is 30.3 Å². The van der Waals surface area contributed by atoms with Crippen LogP contribution in [0, 0.1) is 0 Å². The summed E-state index contributed by atoms with van der Waals surface area (Å²) in [6.07, 6.45) is 2.56. The molecule has 1 amide bonds. The van der Waals surface area contributed by atoms with Crippen LogP contribution in [-0.4, -0.2) is 49.4 Å². The van der Waals surface area contributed by atoms with Gasteiger partial charge in [-0.25, -0.2) is 4.79 Å². The molecule has 0 radical (unpaired) electrons. The first kappa shape index (κ1) is 14.4. The lowest BCUT2D eigenvalue weighted by atomic mass is 10.2. The van der Waals surface area contributed by atoms with Gasteiger partial charge in [-0.3, -0.25) is 0 Å². The molecule has 3 rings (SSSR count). The molecular weight excluding hydrogens is 268 g/mol. The van der Waals surface area contributed by atoms with Crippen LogP contribution in [0.1, 0.15) is 18.4 Å². The Morgan fingerprint density at radius 1 is 1.29 bits per heavy atom. The summed E-state index contributed by atoms with van der Waals surface area (Å²) in [6.45, 7) is 3.13. The largest absolute Gasteiger partial charge is 0.445 e. The highest BCUT2D eigenvalue weighted by Gasteiger charge is 2.27. The molecule has 0 unspecified atom stereocenters. The van der Waals surface area contributed by atoms with Crippen molar-refractivity contribution in [2.24, 2.45) is 0 Å². The van der Waals surface area contributed by atoms with E-state index in [1.54, 1.807) is 4.90 Å². The van der Waals surface area contributed by atoms with E-state index >= 15 is 0 Å². The SMILES string of the molecule is O=C(OCc1ccccc1)N1CCN[C@H](COC2CC2)C1. The van der Waals surface area contributed by atoms with Gasteiger partial charge in [0.15, 0.2) is 0 Å². The Bertz CT molecular complexity index is 462. The molecule has 2 fully saturated rings. The van der Waals surface area contributed by atoms with Crippen molar-refractivity contribution in [2.45, 2.75) is 31.6 Å². The molecule has 0 spiro atoms. The van der Waals surface area contributed by atoms with Crippen LogP contribution in [-0.2, 0) is 16.1 Å². The fraction of sp³-hybridized carbons (Fsp3) is 0.562. The molecule has 1 aliphatic carbocycles. The number of nitrogens with zero attached hydrogens (tertiary/aromatic N) is 1. The Kier molecular flexibility index (Phi) is 4.72. The lowest BCUT2D eigenvalue weighted by Crippen LogP contribution is -2.54. The number of carbonyl (C=O) groups excluding carboxylic acids is 1. The Morgan fingerprint density at radius 2 is 2.10 bits per heavy atom. The van der Waals surface area contributed by atoms with Crippen molar-refractivity contribution in [2.75, 3.05) is 26.2 Å². The highest BCUT2D eigenvalue weighted by Crippen LogP contribution is 2.23. The summed E-state index contributed by atoms with van der Waals surface area (Å²) in [6, 6.07) is 9.96. The summed E-state index contributed by atoms with van der Waals surface area (Å²) in [5.74, 6) is 0. The van der Waals surface area contributed by atoms with E-state index in [0.717, 1.165) is 12.1 Å². The van der Waals surface area contributed by atoms with Gasteiger partial charge in [-0.15, -0.1) is 0 Å². The van der Waals surface area contributed by atoms with E-state index in [9.17, 15) is 4.79 Å². The van der Waals surface area contributed by atoms with Gasteiger partial charge >= 0.3 is 6.09 Å². The predicted molar refractivity (Wildman–Crippen MR) is 79.0 cm³/mol.